The van der Waals surface area contributed by atoms with Crippen molar-refractivity contribution < 1.29 is 24.4 Å². The molecule has 0 saturated carbocycles. The zero-order valence-corrected chi connectivity index (χ0v) is 24.1. The number of hydrogen-bond donors (Lipinski definition) is 1. The fourth-order valence-corrected chi connectivity index (χ4v) is 10.2. The number of allylic oxidation sites excluding steroid dienone is 6. The molecular weight excluding hydrogens is 610 g/mol. The first-order valence-electron chi connectivity index (χ1n) is 12.7. The van der Waals surface area contributed by atoms with Gasteiger partial charge in [0.1, 0.15) is 0 Å². The normalized spacial score (nSPS) is 20.8. The van der Waals surface area contributed by atoms with Crippen LogP contribution in [-0.4, -0.2) is 53.1 Å². The standard InChI is InChI=1S/C30H26N2O4Se2/c33-29(34)17-31-23-5-1-3-7-25(23)37-27(31)15-19-9-11-21-12-10-20(14-22(21)13-19)16-28-32(18-30(35)36)24-6-2-4-8-26(24)38-28/h1-8,13-16,21H,9-12,17-18H2,(H-,33,34,35,36). The van der Waals surface area contributed by atoms with Crippen LogP contribution in [0.5, 0.6) is 0 Å². The van der Waals surface area contributed by atoms with Crippen LogP contribution in [-0.2, 0) is 16.1 Å². The van der Waals surface area contributed by atoms with Crippen LogP contribution in [0.1, 0.15) is 30.3 Å². The van der Waals surface area contributed by atoms with Crippen molar-refractivity contribution in [3.05, 3.63) is 92.6 Å². The zero-order valence-electron chi connectivity index (χ0n) is 20.6. The van der Waals surface area contributed by atoms with Gasteiger partial charge in [0.15, 0.2) is 0 Å². The van der Waals surface area contributed by atoms with E-state index in [1.54, 1.807) is 0 Å². The molecule has 0 fully saturated rings. The Kier molecular flexibility index (Phi) is 6.98. The van der Waals surface area contributed by atoms with Crippen molar-refractivity contribution in [3.8, 4) is 0 Å². The van der Waals surface area contributed by atoms with E-state index >= 15 is 0 Å². The second kappa shape index (κ2) is 10.5. The number of nitrogens with zero attached hydrogens (tertiary/aromatic N) is 2. The molecule has 0 saturated heterocycles. The second-order valence-corrected chi connectivity index (χ2v) is 14.2. The number of fused-ring (bicyclic) bond motifs is 3. The molecule has 3 aliphatic rings. The SMILES string of the molecule is O=C([O-])CN1/C(=C/C2=CC3=C/C(=C/c4[se]c5ccccc5[n+]4CC(=O)O)CCC3CC2)[Se]c2ccccc21. The number of carboxylic acid groups (broad SMARTS) is 2. The molecule has 2 aliphatic carbocycles. The number of para-hydroxylation sites is 2. The molecule has 1 aromatic heterocycles. The fraction of sp³-hybridized carbons (Fsp3) is 0.233. The van der Waals surface area contributed by atoms with Gasteiger partial charge in [0, 0.05) is 0 Å². The third-order valence-corrected chi connectivity index (χ3v) is 11.9. The van der Waals surface area contributed by atoms with E-state index < -0.39 is 11.9 Å². The van der Waals surface area contributed by atoms with Crippen molar-refractivity contribution in [2.24, 2.45) is 5.92 Å². The van der Waals surface area contributed by atoms with Gasteiger partial charge in [-0.3, -0.25) is 0 Å². The molecule has 192 valence electrons. The van der Waals surface area contributed by atoms with Gasteiger partial charge in [0.25, 0.3) is 0 Å². The summed E-state index contributed by atoms with van der Waals surface area (Å²) in [7, 11) is 0. The van der Waals surface area contributed by atoms with Crippen molar-refractivity contribution in [1.29, 1.82) is 0 Å². The van der Waals surface area contributed by atoms with Gasteiger partial charge in [0.2, 0.25) is 0 Å². The minimum absolute atomic E-state index is 0.0266. The predicted molar refractivity (Wildman–Crippen MR) is 147 cm³/mol. The number of hydrogen-bond acceptors (Lipinski definition) is 4. The summed E-state index contributed by atoms with van der Waals surface area (Å²) in [5, 5.41) is 21.0. The Morgan fingerprint density at radius 1 is 1.05 bits per heavy atom. The number of carbonyl (C=O) groups is 2. The van der Waals surface area contributed by atoms with Crippen molar-refractivity contribution in [1.82, 2.24) is 0 Å². The Hall–Kier alpha value is -3.15. The molecule has 1 unspecified atom stereocenters. The molecular formula is C30H26N2O4Se2. The molecule has 0 amide bonds. The molecule has 38 heavy (non-hydrogen) atoms. The van der Waals surface area contributed by atoms with Gasteiger partial charge in [-0.25, -0.2) is 0 Å². The monoisotopic (exact) mass is 638 g/mol. The molecule has 6 nitrogen and oxygen atoms in total. The van der Waals surface area contributed by atoms with Crippen LogP contribution < -0.4 is 19.0 Å². The van der Waals surface area contributed by atoms with Gasteiger partial charge in [-0.1, -0.05) is 0 Å². The van der Waals surface area contributed by atoms with E-state index in [0.717, 1.165) is 46.1 Å². The Balaban J connectivity index is 1.32. The number of anilines is 1. The van der Waals surface area contributed by atoms with E-state index in [-0.39, 0.29) is 42.5 Å². The Morgan fingerprint density at radius 2 is 1.84 bits per heavy atom. The summed E-state index contributed by atoms with van der Waals surface area (Å²) < 4.78 is 6.53. The average Bonchev–Trinajstić information content (AvgIpc) is 3.40. The summed E-state index contributed by atoms with van der Waals surface area (Å²) in [5.41, 5.74) is 5.79. The molecule has 2 aromatic carbocycles. The van der Waals surface area contributed by atoms with Crippen molar-refractivity contribution >= 4 is 67.4 Å². The van der Waals surface area contributed by atoms with E-state index in [2.05, 4.69) is 36.4 Å². The Morgan fingerprint density at radius 3 is 2.68 bits per heavy atom. The quantitative estimate of drug-likeness (QED) is 0.332. The third kappa shape index (κ3) is 5.10. The van der Waals surface area contributed by atoms with Crippen molar-refractivity contribution in [3.63, 3.8) is 0 Å². The first-order valence-corrected chi connectivity index (χ1v) is 16.1. The molecule has 1 atom stereocenters. The van der Waals surface area contributed by atoms with Gasteiger partial charge in [-0.05, 0) is 0 Å². The van der Waals surface area contributed by atoms with Crippen LogP contribution in [0.3, 0.4) is 0 Å². The Labute approximate surface area is 233 Å². The first kappa shape index (κ1) is 25.1. The third-order valence-electron chi connectivity index (χ3n) is 7.21. The van der Waals surface area contributed by atoms with Gasteiger partial charge < -0.3 is 0 Å². The summed E-state index contributed by atoms with van der Waals surface area (Å²) in [6.45, 7) is -0.160. The van der Waals surface area contributed by atoms with Crippen LogP contribution in [0.2, 0.25) is 0 Å². The maximum atomic E-state index is 11.6. The van der Waals surface area contributed by atoms with Crippen molar-refractivity contribution in [2.75, 3.05) is 11.4 Å². The number of carbonyl (C=O) groups excluding carboxylic acids is 1. The molecule has 6 rings (SSSR count). The maximum absolute atomic E-state index is 11.6. The van der Waals surface area contributed by atoms with E-state index in [9.17, 15) is 19.8 Å². The molecule has 0 radical (unpaired) electrons. The second-order valence-electron chi connectivity index (χ2n) is 9.76. The zero-order chi connectivity index (χ0) is 26.2. The van der Waals surface area contributed by atoms with Crippen LogP contribution in [0, 0.1) is 5.92 Å². The number of rotatable bonds is 6. The van der Waals surface area contributed by atoms with Gasteiger partial charge in [0.05, 0.1) is 0 Å². The fourth-order valence-electron chi connectivity index (χ4n) is 5.47. The van der Waals surface area contributed by atoms with Crippen LogP contribution >= 0.6 is 0 Å². The number of benzene rings is 2. The number of carboxylic acids is 2. The summed E-state index contributed by atoms with van der Waals surface area (Å²) in [6.07, 6.45) is 13.2. The molecule has 0 spiro atoms. The summed E-state index contributed by atoms with van der Waals surface area (Å²) in [6, 6.07) is 16.1. The summed E-state index contributed by atoms with van der Waals surface area (Å²) >= 11 is 0.133. The summed E-state index contributed by atoms with van der Waals surface area (Å²) in [5.74, 6) is -1.37. The average molecular weight is 636 g/mol. The van der Waals surface area contributed by atoms with Crippen LogP contribution in [0.4, 0.5) is 5.69 Å². The minimum atomic E-state index is -1.07. The van der Waals surface area contributed by atoms with Gasteiger partial charge in [-0.2, -0.15) is 0 Å². The molecule has 2 heterocycles. The van der Waals surface area contributed by atoms with E-state index in [1.807, 2.05) is 45.9 Å². The molecule has 0 bridgehead atoms. The van der Waals surface area contributed by atoms with Gasteiger partial charge in [-0.15, -0.1) is 0 Å². The van der Waals surface area contributed by atoms with Crippen molar-refractivity contribution in [2.45, 2.75) is 32.2 Å². The Bertz CT molecular complexity index is 1580. The number of aliphatic carboxylic acids is 2. The van der Waals surface area contributed by atoms with Gasteiger partial charge >= 0.3 is 234 Å². The molecule has 1 aliphatic heterocycles. The number of aromatic nitrogens is 1. The van der Waals surface area contributed by atoms with Crippen LogP contribution in [0.15, 0.2) is 88.1 Å². The molecule has 3 aromatic rings. The van der Waals surface area contributed by atoms with E-state index in [4.69, 9.17) is 0 Å². The summed E-state index contributed by atoms with van der Waals surface area (Å²) in [4.78, 5) is 25.0. The first-order chi connectivity index (χ1) is 18.4. The molecule has 8 heteroatoms. The van der Waals surface area contributed by atoms with E-state index in [1.165, 1.54) is 25.4 Å². The molecule has 1 N–H and O–H groups in total. The topological polar surface area (TPSA) is 84.5 Å². The predicted octanol–water partition coefficient (Wildman–Crippen LogP) is 2.15. The van der Waals surface area contributed by atoms with Crippen LogP contribution in [0.25, 0.3) is 15.9 Å². The van der Waals surface area contributed by atoms with E-state index in [0.29, 0.717) is 5.92 Å².